The van der Waals surface area contributed by atoms with Crippen LogP contribution in [0.4, 0.5) is 0 Å². The molecular formula is C40H64N4. The lowest BCUT2D eigenvalue weighted by atomic mass is 9.93. The molecule has 244 valence electrons. The molecule has 2 saturated heterocycles. The molecule has 2 aromatic rings. The lowest BCUT2D eigenvalue weighted by molar-refractivity contribution is 0.383. The standard InChI is InChI=1S/C16H22N2.C14H18N2.2C5H12/c1-2-7-14(8-3-1)13-15-9-4-5-11-18-12-6-10-17-16(15)18;1-2-5-12(6-3-1)11-13-7-10-16-9-4-8-15-14(13)16;2*1-4-5(2)3/h1-3,7-8,15H,4-6,9-13H2;1-3,5-6,13H,4,7-11H2;2*5H,4H2,1-3H3. The summed E-state index contributed by atoms with van der Waals surface area (Å²) in [5.74, 6) is 5.88. The highest BCUT2D eigenvalue weighted by Crippen LogP contribution is 2.26. The van der Waals surface area contributed by atoms with Gasteiger partial charge in [-0.1, -0.05) is 121 Å². The fourth-order valence-corrected chi connectivity index (χ4v) is 6.01. The van der Waals surface area contributed by atoms with Gasteiger partial charge < -0.3 is 9.80 Å². The first kappa shape index (κ1) is 35.9. The first-order valence-electron chi connectivity index (χ1n) is 18.1. The van der Waals surface area contributed by atoms with Crippen LogP contribution >= 0.6 is 0 Å². The maximum absolute atomic E-state index is 4.83. The molecule has 44 heavy (non-hydrogen) atoms. The van der Waals surface area contributed by atoms with Gasteiger partial charge >= 0.3 is 0 Å². The van der Waals surface area contributed by atoms with E-state index in [4.69, 9.17) is 9.98 Å². The molecule has 0 amide bonds. The molecule has 2 fully saturated rings. The highest BCUT2D eigenvalue weighted by atomic mass is 15.2. The summed E-state index contributed by atoms with van der Waals surface area (Å²) in [6, 6.07) is 21.7. The second-order valence-corrected chi connectivity index (χ2v) is 13.8. The number of fused-ring (bicyclic) bond motifs is 2. The molecular weight excluding hydrogens is 536 g/mol. The Labute approximate surface area is 271 Å². The molecule has 4 nitrogen and oxygen atoms in total. The van der Waals surface area contributed by atoms with Crippen molar-refractivity contribution < 1.29 is 0 Å². The third-order valence-corrected chi connectivity index (χ3v) is 9.36. The molecule has 2 aromatic carbocycles. The van der Waals surface area contributed by atoms with E-state index in [9.17, 15) is 0 Å². The van der Waals surface area contributed by atoms with Gasteiger partial charge in [0, 0.05) is 51.1 Å². The third kappa shape index (κ3) is 12.8. The topological polar surface area (TPSA) is 31.2 Å². The van der Waals surface area contributed by atoms with Gasteiger partial charge in [-0.05, 0) is 67.9 Å². The highest BCUT2D eigenvalue weighted by molar-refractivity contribution is 5.87. The highest BCUT2D eigenvalue weighted by Gasteiger charge is 2.30. The van der Waals surface area contributed by atoms with E-state index in [2.05, 4.69) is 112 Å². The molecule has 4 heterocycles. The summed E-state index contributed by atoms with van der Waals surface area (Å²) in [6.07, 6.45) is 12.7. The molecule has 0 saturated carbocycles. The summed E-state index contributed by atoms with van der Waals surface area (Å²) in [6.45, 7) is 20.3. The smallest absolute Gasteiger partial charge is 0.102 e. The van der Waals surface area contributed by atoms with Crippen LogP contribution in [0.3, 0.4) is 0 Å². The van der Waals surface area contributed by atoms with Crippen molar-refractivity contribution in [3.8, 4) is 0 Å². The average Bonchev–Trinajstić information content (AvgIpc) is 3.35. The van der Waals surface area contributed by atoms with Crippen molar-refractivity contribution in [2.24, 2.45) is 33.7 Å². The lowest BCUT2D eigenvalue weighted by Gasteiger charge is -2.31. The Balaban J connectivity index is 0.000000186. The molecule has 6 rings (SSSR count). The predicted molar refractivity (Wildman–Crippen MR) is 193 cm³/mol. The SMILES string of the molecule is CCC(C)C.CCC(C)C.c1ccc(CC2CCCCN3CCCN=C23)cc1.c1ccc(CC2CCN3CCCN=C23)cc1. The maximum Gasteiger partial charge on any atom is 0.102 e. The van der Waals surface area contributed by atoms with Crippen LogP contribution in [0.5, 0.6) is 0 Å². The van der Waals surface area contributed by atoms with Gasteiger partial charge in [-0.3, -0.25) is 9.98 Å². The first-order chi connectivity index (χ1) is 21.4. The van der Waals surface area contributed by atoms with Gasteiger partial charge in [0.05, 0.1) is 0 Å². The summed E-state index contributed by atoms with van der Waals surface area (Å²) in [5.41, 5.74) is 2.90. The molecule has 0 aromatic heterocycles. The van der Waals surface area contributed by atoms with Crippen LogP contribution in [0.2, 0.25) is 0 Å². The van der Waals surface area contributed by atoms with E-state index < -0.39 is 0 Å². The van der Waals surface area contributed by atoms with Crippen molar-refractivity contribution in [3.63, 3.8) is 0 Å². The Bertz CT molecular complexity index is 1070. The van der Waals surface area contributed by atoms with Crippen LogP contribution in [-0.2, 0) is 12.8 Å². The first-order valence-corrected chi connectivity index (χ1v) is 18.1. The number of amidine groups is 2. The normalized spacial score (nSPS) is 20.8. The van der Waals surface area contributed by atoms with E-state index in [1.807, 2.05) is 0 Å². The van der Waals surface area contributed by atoms with Gasteiger partial charge in [0.25, 0.3) is 0 Å². The molecule has 4 aliphatic rings. The molecule has 4 heteroatoms. The van der Waals surface area contributed by atoms with Crippen LogP contribution in [-0.4, -0.2) is 60.7 Å². The molecule has 0 spiro atoms. The molecule has 0 radical (unpaired) electrons. The van der Waals surface area contributed by atoms with Crippen molar-refractivity contribution in [2.75, 3.05) is 39.3 Å². The Morgan fingerprint density at radius 2 is 0.977 bits per heavy atom. The van der Waals surface area contributed by atoms with E-state index in [1.165, 1.54) is 100 Å². The van der Waals surface area contributed by atoms with Crippen LogP contribution in [0.1, 0.15) is 104 Å². The molecule has 0 bridgehead atoms. The predicted octanol–water partition coefficient (Wildman–Crippen LogP) is 9.59. The summed E-state index contributed by atoms with van der Waals surface area (Å²) >= 11 is 0. The minimum absolute atomic E-state index is 0.648. The zero-order valence-corrected chi connectivity index (χ0v) is 29.2. The molecule has 0 N–H and O–H groups in total. The Hall–Kier alpha value is -2.62. The Morgan fingerprint density at radius 3 is 1.43 bits per heavy atom. The number of aliphatic imine (C=N–C) groups is 2. The van der Waals surface area contributed by atoms with Crippen LogP contribution in [0.15, 0.2) is 70.6 Å². The van der Waals surface area contributed by atoms with Gasteiger partial charge in [0.15, 0.2) is 0 Å². The van der Waals surface area contributed by atoms with E-state index in [-0.39, 0.29) is 0 Å². The quantitative estimate of drug-likeness (QED) is 0.331. The second-order valence-electron chi connectivity index (χ2n) is 13.8. The Kier molecular flexibility index (Phi) is 16.6. The largest absolute Gasteiger partial charge is 0.360 e. The number of benzene rings is 2. The average molecular weight is 601 g/mol. The van der Waals surface area contributed by atoms with Crippen molar-refractivity contribution in [3.05, 3.63) is 71.8 Å². The summed E-state index contributed by atoms with van der Waals surface area (Å²) in [5, 5.41) is 0. The van der Waals surface area contributed by atoms with Gasteiger partial charge in [-0.15, -0.1) is 0 Å². The van der Waals surface area contributed by atoms with Gasteiger partial charge in [-0.2, -0.15) is 0 Å². The zero-order valence-electron chi connectivity index (χ0n) is 29.2. The van der Waals surface area contributed by atoms with E-state index >= 15 is 0 Å². The fourth-order valence-electron chi connectivity index (χ4n) is 6.01. The number of hydrogen-bond donors (Lipinski definition) is 0. The Morgan fingerprint density at radius 1 is 0.568 bits per heavy atom. The van der Waals surface area contributed by atoms with Crippen molar-refractivity contribution in [1.82, 2.24) is 9.80 Å². The lowest BCUT2D eigenvalue weighted by Crippen LogP contribution is -2.39. The summed E-state index contributed by atoms with van der Waals surface area (Å²) < 4.78 is 0. The number of hydrogen-bond acceptors (Lipinski definition) is 4. The zero-order chi connectivity index (χ0) is 31.6. The van der Waals surface area contributed by atoms with Crippen LogP contribution < -0.4 is 0 Å². The molecule has 2 unspecified atom stereocenters. The van der Waals surface area contributed by atoms with E-state index in [0.717, 1.165) is 37.8 Å². The fraction of sp³-hybridized carbons (Fsp3) is 0.650. The minimum Gasteiger partial charge on any atom is -0.360 e. The van der Waals surface area contributed by atoms with Gasteiger partial charge in [0.2, 0.25) is 0 Å². The number of rotatable bonds is 6. The van der Waals surface area contributed by atoms with Crippen molar-refractivity contribution in [1.29, 1.82) is 0 Å². The van der Waals surface area contributed by atoms with Gasteiger partial charge in [-0.25, -0.2) is 0 Å². The maximum atomic E-state index is 4.83. The third-order valence-electron chi connectivity index (χ3n) is 9.36. The van der Waals surface area contributed by atoms with Crippen LogP contribution in [0.25, 0.3) is 0 Å². The van der Waals surface area contributed by atoms with Crippen molar-refractivity contribution in [2.45, 2.75) is 106 Å². The molecule has 4 aliphatic heterocycles. The monoisotopic (exact) mass is 601 g/mol. The van der Waals surface area contributed by atoms with E-state index in [0.29, 0.717) is 11.8 Å². The van der Waals surface area contributed by atoms with Gasteiger partial charge in [0.1, 0.15) is 11.7 Å². The van der Waals surface area contributed by atoms with E-state index in [1.54, 1.807) is 0 Å². The number of nitrogens with zero attached hydrogens (tertiary/aromatic N) is 4. The minimum atomic E-state index is 0.648. The summed E-state index contributed by atoms with van der Waals surface area (Å²) in [4.78, 5) is 14.6. The molecule has 2 atom stereocenters. The molecule has 0 aliphatic carbocycles. The summed E-state index contributed by atoms with van der Waals surface area (Å²) in [7, 11) is 0. The van der Waals surface area contributed by atoms with Crippen LogP contribution in [0, 0.1) is 23.7 Å². The second kappa shape index (κ2) is 20.4. The van der Waals surface area contributed by atoms with Crippen molar-refractivity contribution >= 4 is 11.7 Å².